The molecule has 2 rings (SSSR count). The first kappa shape index (κ1) is 10.4. The fourth-order valence-corrected chi connectivity index (χ4v) is 4.37. The molecule has 1 aliphatic carbocycles. The minimum atomic E-state index is -3.01. The maximum Gasteiger partial charge on any atom is 0.214 e. The van der Waals surface area contributed by atoms with Crippen molar-refractivity contribution in [2.45, 2.75) is 31.7 Å². The van der Waals surface area contributed by atoms with Crippen molar-refractivity contribution >= 4 is 10.0 Å². The smallest absolute Gasteiger partial charge is 0.214 e. The number of hydrogen-bond donors (Lipinski definition) is 1. The van der Waals surface area contributed by atoms with Gasteiger partial charge in [-0.2, -0.15) is 4.31 Å². The monoisotopic (exact) mass is 218 g/mol. The molecule has 0 aromatic heterocycles. The largest absolute Gasteiger partial charge is 0.329 e. The van der Waals surface area contributed by atoms with Gasteiger partial charge in [0.15, 0.2) is 0 Å². The van der Waals surface area contributed by atoms with E-state index in [4.69, 9.17) is 5.73 Å². The highest BCUT2D eigenvalue weighted by atomic mass is 32.2. The molecule has 2 fully saturated rings. The van der Waals surface area contributed by atoms with Gasteiger partial charge in [-0.25, -0.2) is 8.42 Å². The van der Waals surface area contributed by atoms with Gasteiger partial charge in [-0.15, -0.1) is 0 Å². The second-order valence-electron chi connectivity index (χ2n) is 4.58. The molecule has 0 bridgehead atoms. The Hall–Kier alpha value is -0.130. The highest BCUT2D eigenvalue weighted by Crippen LogP contribution is 2.44. The first-order valence-electron chi connectivity index (χ1n) is 5.21. The lowest BCUT2D eigenvalue weighted by atomic mass is 9.96. The van der Waals surface area contributed by atoms with Gasteiger partial charge in [-0.3, -0.25) is 0 Å². The van der Waals surface area contributed by atoms with Crippen LogP contribution in [0.15, 0.2) is 0 Å². The van der Waals surface area contributed by atoms with Crippen molar-refractivity contribution in [3.63, 3.8) is 0 Å². The summed E-state index contributed by atoms with van der Waals surface area (Å²) in [7, 11) is -3.01. The second kappa shape index (κ2) is 3.18. The van der Waals surface area contributed by atoms with E-state index >= 15 is 0 Å². The minimum Gasteiger partial charge on any atom is -0.329 e. The average Bonchev–Trinajstić information content (AvgIpc) is 2.90. The van der Waals surface area contributed by atoms with Crippen LogP contribution in [0.5, 0.6) is 0 Å². The molecule has 0 amide bonds. The molecule has 5 heteroatoms. The topological polar surface area (TPSA) is 63.4 Å². The van der Waals surface area contributed by atoms with Gasteiger partial charge in [0.05, 0.1) is 5.75 Å². The van der Waals surface area contributed by atoms with Crippen LogP contribution in [0.4, 0.5) is 0 Å². The third-order valence-corrected chi connectivity index (χ3v) is 5.61. The summed E-state index contributed by atoms with van der Waals surface area (Å²) in [6, 6.07) is 0. The van der Waals surface area contributed by atoms with E-state index in [-0.39, 0.29) is 5.54 Å². The average molecular weight is 218 g/mol. The molecule has 0 spiro atoms. The number of hydrogen-bond acceptors (Lipinski definition) is 3. The van der Waals surface area contributed by atoms with E-state index in [1.54, 1.807) is 4.31 Å². The summed E-state index contributed by atoms with van der Waals surface area (Å²) in [5, 5.41) is 0. The highest BCUT2D eigenvalue weighted by Gasteiger charge is 2.50. The standard InChI is InChI=1S/C9H18N2O2S/c1-9(7-10,8-3-4-8)11-5-2-6-14(11,12)13/h8H,2-7,10H2,1H3. The van der Waals surface area contributed by atoms with Crippen molar-refractivity contribution in [2.75, 3.05) is 18.8 Å². The fourth-order valence-electron chi connectivity index (χ4n) is 2.39. The van der Waals surface area contributed by atoms with E-state index in [1.165, 1.54) is 0 Å². The SMILES string of the molecule is CC(CN)(C1CC1)N1CCCS1(=O)=O. The first-order chi connectivity index (χ1) is 6.50. The Morgan fingerprint density at radius 1 is 1.50 bits per heavy atom. The highest BCUT2D eigenvalue weighted by molar-refractivity contribution is 7.89. The van der Waals surface area contributed by atoms with Gasteiger partial charge < -0.3 is 5.73 Å². The van der Waals surface area contributed by atoms with Crippen molar-refractivity contribution in [1.82, 2.24) is 4.31 Å². The van der Waals surface area contributed by atoms with Crippen LogP contribution in [-0.4, -0.2) is 37.1 Å². The molecule has 82 valence electrons. The molecule has 1 atom stereocenters. The molecule has 0 aromatic rings. The van der Waals surface area contributed by atoms with Crippen LogP contribution in [0.3, 0.4) is 0 Å². The lowest BCUT2D eigenvalue weighted by Crippen LogP contribution is -2.53. The van der Waals surface area contributed by atoms with E-state index in [0.717, 1.165) is 19.3 Å². The summed E-state index contributed by atoms with van der Waals surface area (Å²) in [6.07, 6.45) is 3.00. The molecule has 1 saturated heterocycles. The van der Waals surface area contributed by atoms with Gasteiger partial charge in [-0.05, 0) is 32.1 Å². The third kappa shape index (κ3) is 1.47. The van der Waals surface area contributed by atoms with E-state index in [0.29, 0.717) is 24.8 Å². The predicted molar refractivity (Wildman–Crippen MR) is 55.3 cm³/mol. The molecule has 1 heterocycles. The molecule has 1 saturated carbocycles. The maximum atomic E-state index is 11.8. The number of nitrogens with zero attached hydrogens (tertiary/aromatic N) is 1. The number of sulfonamides is 1. The molecule has 0 radical (unpaired) electrons. The van der Waals surface area contributed by atoms with Crippen molar-refractivity contribution in [3.05, 3.63) is 0 Å². The molecular weight excluding hydrogens is 200 g/mol. The molecular formula is C9H18N2O2S. The Morgan fingerprint density at radius 2 is 2.14 bits per heavy atom. The Kier molecular flexibility index (Phi) is 2.36. The van der Waals surface area contributed by atoms with Crippen molar-refractivity contribution in [3.8, 4) is 0 Å². The third-order valence-electron chi connectivity index (χ3n) is 3.54. The zero-order valence-electron chi connectivity index (χ0n) is 8.57. The lowest BCUT2D eigenvalue weighted by molar-refractivity contribution is 0.196. The van der Waals surface area contributed by atoms with Gasteiger partial charge in [0.2, 0.25) is 10.0 Å². The zero-order valence-corrected chi connectivity index (χ0v) is 9.39. The summed E-state index contributed by atoms with van der Waals surface area (Å²) >= 11 is 0. The van der Waals surface area contributed by atoms with Crippen LogP contribution in [0.2, 0.25) is 0 Å². The van der Waals surface area contributed by atoms with Gasteiger partial charge >= 0.3 is 0 Å². The number of rotatable bonds is 3. The molecule has 1 unspecified atom stereocenters. The van der Waals surface area contributed by atoms with Crippen LogP contribution >= 0.6 is 0 Å². The Balaban J connectivity index is 2.27. The van der Waals surface area contributed by atoms with Crippen LogP contribution in [0.1, 0.15) is 26.2 Å². The van der Waals surface area contributed by atoms with Gasteiger partial charge in [0.25, 0.3) is 0 Å². The predicted octanol–water partition coefficient (Wildman–Crippen LogP) is 0.149. The van der Waals surface area contributed by atoms with Crippen molar-refractivity contribution in [1.29, 1.82) is 0 Å². The summed E-state index contributed by atoms with van der Waals surface area (Å²) in [5.41, 5.74) is 5.43. The second-order valence-corrected chi connectivity index (χ2v) is 6.59. The Labute approximate surface area is 85.5 Å². The number of nitrogens with two attached hydrogens (primary N) is 1. The zero-order chi connectivity index (χ0) is 10.4. The Morgan fingerprint density at radius 3 is 2.50 bits per heavy atom. The minimum absolute atomic E-state index is 0.301. The van der Waals surface area contributed by atoms with E-state index < -0.39 is 10.0 Å². The van der Waals surface area contributed by atoms with Crippen LogP contribution in [-0.2, 0) is 10.0 Å². The molecule has 4 nitrogen and oxygen atoms in total. The molecule has 1 aliphatic heterocycles. The van der Waals surface area contributed by atoms with Gasteiger partial charge in [-0.1, -0.05) is 0 Å². The van der Waals surface area contributed by atoms with Crippen LogP contribution in [0, 0.1) is 5.92 Å². The van der Waals surface area contributed by atoms with Crippen molar-refractivity contribution < 1.29 is 8.42 Å². The van der Waals surface area contributed by atoms with E-state index in [1.807, 2.05) is 6.92 Å². The normalized spacial score (nSPS) is 31.6. The lowest BCUT2D eigenvalue weighted by Gasteiger charge is -2.36. The molecule has 2 aliphatic rings. The van der Waals surface area contributed by atoms with Gasteiger partial charge in [0, 0.05) is 18.6 Å². The van der Waals surface area contributed by atoms with E-state index in [9.17, 15) is 8.42 Å². The van der Waals surface area contributed by atoms with Crippen molar-refractivity contribution in [2.24, 2.45) is 11.7 Å². The fraction of sp³-hybridized carbons (Fsp3) is 1.00. The molecule has 2 N–H and O–H groups in total. The summed E-state index contributed by atoms with van der Waals surface area (Å²) in [6.45, 7) is 3.09. The van der Waals surface area contributed by atoms with E-state index in [2.05, 4.69) is 0 Å². The molecule has 0 aromatic carbocycles. The first-order valence-corrected chi connectivity index (χ1v) is 6.82. The molecule has 14 heavy (non-hydrogen) atoms. The maximum absolute atomic E-state index is 11.8. The summed E-state index contributed by atoms with van der Waals surface area (Å²) in [5.74, 6) is 0.787. The quantitative estimate of drug-likeness (QED) is 0.733. The van der Waals surface area contributed by atoms with Crippen LogP contribution in [0.25, 0.3) is 0 Å². The summed E-state index contributed by atoms with van der Waals surface area (Å²) in [4.78, 5) is 0. The summed E-state index contributed by atoms with van der Waals surface area (Å²) < 4.78 is 25.2. The Bertz CT molecular complexity index is 324. The van der Waals surface area contributed by atoms with Gasteiger partial charge in [0.1, 0.15) is 0 Å². The van der Waals surface area contributed by atoms with Crippen LogP contribution < -0.4 is 5.73 Å².